The molecule has 0 atom stereocenters. The van der Waals surface area contributed by atoms with Crippen LogP contribution in [-0.4, -0.2) is 45.8 Å². The first-order chi connectivity index (χ1) is 12.6. The van der Waals surface area contributed by atoms with Crippen molar-refractivity contribution in [1.29, 1.82) is 0 Å². The van der Waals surface area contributed by atoms with E-state index in [0.717, 1.165) is 0 Å². The third-order valence-electron chi connectivity index (χ3n) is 3.50. The van der Waals surface area contributed by atoms with Gasteiger partial charge in [-0.2, -0.15) is 4.98 Å². The zero-order chi connectivity index (χ0) is 18.5. The number of aromatic nitrogens is 4. The van der Waals surface area contributed by atoms with E-state index in [1.165, 1.54) is 18.1 Å². The normalized spacial score (nSPS) is 10.7. The highest BCUT2D eigenvalue weighted by Gasteiger charge is 2.11. The number of H-pyrrole nitrogens is 1. The summed E-state index contributed by atoms with van der Waals surface area (Å²) in [5.74, 6) is 1.72. The molecule has 1 amide bonds. The number of hydrogen-bond donors (Lipinski definition) is 3. The molecule has 0 bridgehead atoms. The van der Waals surface area contributed by atoms with Crippen LogP contribution >= 0.6 is 11.8 Å². The predicted octanol–water partition coefficient (Wildman–Crippen LogP) is 2.07. The molecule has 0 saturated carbocycles. The summed E-state index contributed by atoms with van der Waals surface area (Å²) in [6.07, 6.45) is 1.84. The van der Waals surface area contributed by atoms with Gasteiger partial charge in [-0.1, -0.05) is 0 Å². The number of aromatic amines is 1. The summed E-state index contributed by atoms with van der Waals surface area (Å²) in [6, 6.07) is 5.20. The van der Waals surface area contributed by atoms with Gasteiger partial charge in [-0.25, -0.2) is 9.97 Å². The maximum atomic E-state index is 12.2. The van der Waals surface area contributed by atoms with Crippen molar-refractivity contribution in [2.24, 2.45) is 0 Å². The van der Waals surface area contributed by atoms with Gasteiger partial charge in [-0.05, 0) is 12.1 Å². The predicted molar refractivity (Wildman–Crippen MR) is 99.6 cm³/mol. The van der Waals surface area contributed by atoms with Crippen LogP contribution in [0.3, 0.4) is 0 Å². The van der Waals surface area contributed by atoms with Gasteiger partial charge >= 0.3 is 0 Å². The van der Waals surface area contributed by atoms with Crippen LogP contribution in [0.1, 0.15) is 6.42 Å². The Labute approximate surface area is 153 Å². The number of carbonyl (C=O) groups excluding carboxylic acids is 1. The lowest BCUT2D eigenvalue weighted by Crippen LogP contribution is -2.12. The number of nitrogens with zero attached hydrogens (tertiary/aromatic N) is 3. The quantitative estimate of drug-likeness (QED) is 0.423. The van der Waals surface area contributed by atoms with E-state index in [0.29, 0.717) is 45.5 Å². The van der Waals surface area contributed by atoms with E-state index in [4.69, 9.17) is 15.2 Å². The molecule has 4 N–H and O–H groups in total. The Kier molecular flexibility index (Phi) is 5.42. The van der Waals surface area contributed by atoms with E-state index in [2.05, 4.69) is 25.3 Å². The number of benzene rings is 1. The van der Waals surface area contributed by atoms with E-state index in [1.54, 1.807) is 32.4 Å². The summed E-state index contributed by atoms with van der Waals surface area (Å²) in [5.41, 5.74) is 7.54. The number of anilines is 2. The molecule has 0 radical (unpaired) electrons. The zero-order valence-corrected chi connectivity index (χ0v) is 15.1. The van der Waals surface area contributed by atoms with Crippen molar-refractivity contribution in [3.63, 3.8) is 0 Å². The molecule has 136 valence electrons. The number of carbonyl (C=O) groups is 1. The average Bonchev–Trinajstić information content (AvgIpc) is 3.09. The topological polar surface area (TPSA) is 128 Å². The SMILES string of the molecule is COc1ccc(NC(=O)CCSc2nc(N)nc3nc[nH]c23)cc1OC. The van der Waals surface area contributed by atoms with Crippen LogP contribution in [0.15, 0.2) is 29.6 Å². The summed E-state index contributed by atoms with van der Waals surface area (Å²) in [4.78, 5) is 27.4. The highest BCUT2D eigenvalue weighted by atomic mass is 32.2. The summed E-state index contributed by atoms with van der Waals surface area (Å²) in [7, 11) is 3.10. The fraction of sp³-hybridized carbons (Fsp3) is 0.250. The minimum absolute atomic E-state index is 0.118. The van der Waals surface area contributed by atoms with Crippen LogP contribution in [-0.2, 0) is 4.79 Å². The third kappa shape index (κ3) is 3.97. The van der Waals surface area contributed by atoms with Crippen molar-refractivity contribution < 1.29 is 14.3 Å². The van der Waals surface area contributed by atoms with Crippen molar-refractivity contribution in [3.05, 3.63) is 24.5 Å². The molecule has 0 fully saturated rings. The molecule has 9 nitrogen and oxygen atoms in total. The smallest absolute Gasteiger partial charge is 0.225 e. The second-order valence-electron chi connectivity index (χ2n) is 5.20. The van der Waals surface area contributed by atoms with Crippen LogP contribution < -0.4 is 20.5 Å². The number of nitrogens with one attached hydrogen (secondary N) is 2. The Morgan fingerprint density at radius 3 is 2.85 bits per heavy atom. The number of fused-ring (bicyclic) bond motifs is 1. The van der Waals surface area contributed by atoms with Gasteiger partial charge < -0.3 is 25.5 Å². The van der Waals surface area contributed by atoms with Gasteiger partial charge in [-0.15, -0.1) is 11.8 Å². The Hall–Kier alpha value is -3.01. The zero-order valence-electron chi connectivity index (χ0n) is 14.3. The lowest BCUT2D eigenvalue weighted by atomic mass is 10.2. The minimum atomic E-state index is -0.118. The van der Waals surface area contributed by atoms with Crippen molar-refractivity contribution in [2.75, 3.05) is 31.0 Å². The number of nitrogen functional groups attached to an aromatic ring is 1. The molecule has 3 rings (SSSR count). The van der Waals surface area contributed by atoms with Crippen molar-refractivity contribution >= 4 is 40.5 Å². The van der Waals surface area contributed by atoms with E-state index >= 15 is 0 Å². The van der Waals surface area contributed by atoms with Gasteiger partial charge in [0.2, 0.25) is 11.9 Å². The molecule has 1 aromatic carbocycles. The number of methoxy groups -OCH3 is 2. The number of hydrogen-bond acceptors (Lipinski definition) is 8. The van der Waals surface area contributed by atoms with Gasteiger partial charge in [-0.3, -0.25) is 4.79 Å². The monoisotopic (exact) mass is 374 g/mol. The van der Waals surface area contributed by atoms with Gasteiger partial charge in [0.15, 0.2) is 17.1 Å². The Morgan fingerprint density at radius 1 is 1.27 bits per heavy atom. The summed E-state index contributed by atoms with van der Waals surface area (Å²) in [5, 5.41) is 3.50. The van der Waals surface area contributed by atoms with Gasteiger partial charge in [0, 0.05) is 23.9 Å². The van der Waals surface area contributed by atoms with Crippen molar-refractivity contribution in [1.82, 2.24) is 19.9 Å². The fourth-order valence-electron chi connectivity index (χ4n) is 2.30. The molecule has 0 aliphatic rings. The number of thioether (sulfide) groups is 1. The second kappa shape index (κ2) is 7.91. The van der Waals surface area contributed by atoms with Gasteiger partial charge in [0.05, 0.1) is 20.5 Å². The van der Waals surface area contributed by atoms with Crippen LogP contribution in [0, 0.1) is 0 Å². The van der Waals surface area contributed by atoms with Crippen molar-refractivity contribution in [2.45, 2.75) is 11.4 Å². The molecule has 26 heavy (non-hydrogen) atoms. The molecular formula is C16H18N6O3S. The molecule has 0 saturated heterocycles. The Balaban J connectivity index is 1.58. The number of ether oxygens (including phenoxy) is 2. The molecule has 2 heterocycles. The van der Waals surface area contributed by atoms with E-state index in [9.17, 15) is 4.79 Å². The molecule has 3 aromatic rings. The van der Waals surface area contributed by atoms with Gasteiger partial charge in [0.1, 0.15) is 10.5 Å². The van der Waals surface area contributed by atoms with Crippen LogP contribution in [0.5, 0.6) is 11.5 Å². The fourth-order valence-corrected chi connectivity index (χ4v) is 3.24. The van der Waals surface area contributed by atoms with Crippen LogP contribution in [0.4, 0.5) is 11.6 Å². The van der Waals surface area contributed by atoms with E-state index < -0.39 is 0 Å². The molecule has 0 spiro atoms. The summed E-state index contributed by atoms with van der Waals surface area (Å²) in [6.45, 7) is 0. The molecule has 10 heteroatoms. The maximum absolute atomic E-state index is 12.2. The largest absolute Gasteiger partial charge is 0.493 e. The third-order valence-corrected chi connectivity index (χ3v) is 4.48. The Bertz CT molecular complexity index is 929. The number of nitrogens with two attached hydrogens (primary N) is 1. The molecule has 2 aromatic heterocycles. The lowest BCUT2D eigenvalue weighted by molar-refractivity contribution is -0.115. The van der Waals surface area contributed by atoms with E-state index in [-0.39, 0.29) is 11.9 Å². The lowest BCUT2D eigenvalue weighted by Gasteiger charge is -2.10. The molecular weight excluding hydrogens is 356 g/mol. The molecule has 0 aliphatic carbocycles. The highest BCUT2D eigenvalue weighted by molar-refractivity contribution is 7.99. The summed E-state index contributed by atoms with van der Waals surface area (Å²) >= 11 is 1.41. The first-order valence-corrected chi connectivity index (χ1v) is 8.70. The minimum Gasteiger partial charge on any atom is -0.493 e. The number of imidazole rings is 1. The Morgan fingerprint density at radius 2 is 2.08 bits per heavy atom. The summed E-state index contributed by atoms with van der Waals surface area (Å²) < 4.78 is 10.4. The standard InChI is InChI=1S/C16H18N6O3S/c1-24-10-4-3-9(7-11(10)25-2)20-12(23)5-6-26-15-13-14(19-8-18-13)21-16(17)22-15/h3-4,7-8H,5-6H2,1-2H3,(H,20,23)(H3,17,18,19,21,22). The average molecular weight is 374 g/mol. The van der Waals surface area contributed by atoms with Crippen molar-refractivity contribution in [3.8, 4) is 11.5 Å². The van der Waals surface area contributed by atoms with Crippen LogP contribution in [0.2, 0.25) is 0 Å². The van der Waals surface area contributed by atoms with Gasteiger partial charge in [0.25, 0.3) is 0 Å². The first kappa shape index (κ1) is 17.8. The molecule has 0 unspecified atom stereocenters. The second-order valence-corrected chi connectivity index (χ2v) is 6.29. The first-order valence-electron chi connectivity index (χ1n) is 7.72. The van der Waals surface area contributed by atoms with Crippen LogP contribution in [0.25, 0.3) is 11.2 Å². The number of rotatable bonds is 7. The highest BCUT2D eigenvalue weighted by Crippen LogP contribution is 2.30. The number of amides is 1. The maximum Gasteiger partial charge on any atom is 0.225 e. The van der Waals surface area contributed by atoms with E-state index in [1.807, 2.05) is 0 Å². The molecule has 0 aliphatic heterocycles.